The molecule has 1 aliphatic carbocycles. The van der Waals surface area contributed by atoms with Gasteiger partial charge in [0.1, 0.15) is 11.6 Å². The summed E-state index contributed by atoms with van der Waals surface area (Å²) in [5.74, 6) is -0.402. The van der Waals surface area contributed by atoms with E-state index in [1.807, 2.05) is 18.2 Å². The molecule has 0 N–H and O–H groups in total. The molecule has 3 aromatic rings. The van der Waals surface area contributed by atoms with E-state index in [0.29, 0.717) is 31.7 Å². The van der Waals surface area contributed by atoms with E-state index < -0.39 is 28.9 Å². The molecule has 0 unspecified atom stereocenters. The maximum Gasteiger partial charge on any atom is 0.419 e. The van der Waals surface area contributed by atoms with E-state index in [0.717, 1.165) is 34.5 Å². The molecule has 0 radical (unpaired) electrons. The number of carbonyl (C=O) groups is 1. The van der Waals surface area contributed by atoms with Gasteiger partial charge in [-0.25, -0.2) is 4.98 Å². The number of nitriles is 1. The Balaban J connectivity index is 1.59. The summed E-state index contributed by atoms with van der Waals surface area (Å²) in [5, 5.41) is 14.4. The molecule has 2 fully saturated rings. The number of thiocarbonyl (C=S) groups is 1. The monoisotopic (exact) mass is 500 g/mol. The van der Waals surface area contributed by atoms with Crippen LogP contribution in [0.5, 0.6) is 0 Å². The highest BCUT2D eigenvalue weighted by molar-refractivity contribution is 7.81. The van der Waals surface area contributed by atoms with Gasteiger partial charge in [0.25, 0.3) is 5.91 Å². The van der Waals surface area contributed by atoms with Crippen LogP contribution in [0.3, 0.4) is 0 Å². The first-order valence-electron chi connectivity index (χ1n) is 10.8. The molecule has 180 valence electrons. The minimum absolute atomic E-state index is 0.0663. The summed E-state index contributed by atoms with van der Waals surface area (Å²) >= 11 is 5.67. The molecule has 1 spiro atoms. The number of nitrogens with zero attached hydrogens (tertiary/aromatic N) is 6. The molecule has 0 bridgehead atoms. The Bertz CT molecular complexity index is 1390. The van der Waals surface area contributed by atoms with Crippen molar-refractivity contribution in [1.29, 1.82) is 5.26 Å². The number of amides is 1. The highest BCUT2D eigenvalue weighted by Crippen LogP contribution is 2.48. The molecule has 1 amide bonds. The summed E-state index contributed by atoms with van der Waals surface area (Å²) in [5.41, 5.74) is -1.60. The highest BCUT2D eigenvalue weighted by atomic mass is 32.1. The molecular weight excluding hydrogens is 481 g/mol. The number of fused-ring (bicyclic) bond motifs is 1. The van der Waals surface area contributed by atoms with Gasteiger partial charge in [-0.1, -0.05) is 0 Å². The van der Waals surface area contributed by atoms with Crippen molar-refractivity contribution in [2.24, 2.45) is 0 Å². The maximum atomic E-state index is 13.6. The molecule has 12 heteroatoms. The lowest BCUT2D eigenvalue weighted by molar-refractivity contribution is -0.138. The summed E-state index contributed by atoms with van der Waals surface area (Å²) in [4.78, 5) is 20.1. The van der Waals surface area contributed by atoms with Crippen LogP contribution in [0, 0.1) is 11.3 Å². The van der Waals surface area contributed by atoms with Crippen molar-refractivity contribution < 1.29 is 22.7 Å². The van der Waals surface area contributed by atoms with Gasteiger partial charge in [-0.05, 0) is 55.7 Å². The van der Waals surface area contributed by atoms with Crippen LogP contribution in [-0.4, -0.2) is 45.0 Å². The highest BCUT2D eigenvalue weighted by Gasteiger charge is 2.59. The second kappa shape index (κ2) is 8.28. The minimum Gasteiger partial charge on any atom is -0.383 e. The smallest absolute Gasteiger partial charge is 0.383 e. The van der Waals surface area contributed by atoms with Crippen LogP contribution in [0.1, 0.15) is 30.5 Å². The van der Waals surface area contributed by atoms with Crippen molar-refractivity contribution in [3.63, 3.8) is 0 Å². The number of methoxy groups -OCH3 is 1. The van der Waals surface area contributed by atoms with E-state index in [1.54, 1.807) is 22.9 Å². The zero-order chi connectivity index (χ0) is 25.0. The van der Waals surface area contributed by atoms with Crippen LogP contribution in [0.25, 0.3) is 10.9 Å². The number of halogens is 3. The predicted octanol–water partition coefficient (Wildman–Crippen LogP) is 4.03. The molecule has 3 heterocycles. The molecule has 0 atom stereocenters. The van der Waals surface area contributed by atoms with E-state index in [2.05, 4.69) is 10.1 Å². The lowest BCUT2D eigenvalue weighted by atomic mass is 9.75. The van der Waals surface area contributed by atoms with Crippen LogP contribution >= 0.6 is 12.2 Å². The normalized spacial score (nSPS) is 17.3. The summed E-state index contributed by atoms with van der Waals surface area (Å²) in [6.45, 7) is 0.994. The maximum absolute atomic E-state index is 13.6. The third-order valence-corrected chi connectivity index (χ3v) is 6.89. The first kappa shape index (κ1) is 23.2. The Morgan fingerprint density at radius 1 is 1.23 bits per heavy atom. The number of carbonyl (C=O) groups excluding carboxylic acids is 1. The molecule has 2 aliphatic rings. The standard InChI is InChI=1S/C23H19F3N6O2S/c1-34-8-7-30-19-10-15(4-3-14(19)12-29-30)32-21(35)31(20(33)22(32)5-2-6-22)16-9-17(23(24,25)26)18(11-27)28-13-16/h3-4,9-10,12-13H,2,5-8H2,1H3. The first-order chi connectivity index (χ1) is 16.7. The molecular formula is C23H19F3N6O2S. The Hall–Kier alpha value is -3.56. The average molecular weight is 501 g/mol. The number of ether oxygens (including phenoxy) is 1. The second-order valence-electron chi connectivity index (χ2n) is 8.45. The SMILES string of the molecule is COCCn1ncc2ccc(N3C(=S)N(c4cnc(C#N)c(C(F)(F)F)c4)C(=O)C34CCC4)cc21. The lowest BCUT2D eigenvalue weighted by Gasteiger charge is -2.43. The molecule has 1 saturated carbocycles. The van der Waals surface area contributed by atoms with Crippen LogP contribution in [0.15, 0.2) is 36.7 Å². The Morgan fingerprint density at radius 3 is 2.63 bits per heavy atom. The summed E-state index contributed by atoms with van der Waals surface area (Å²) < 4.78 is 47.6. The van der Waals surface area contributed by atoms with Crippen molar-refractivity contribution >= 4 is 45.5 Å². The van der Waals surface area contributed by atoms with Gasteiger partial charge in [0.2, 0.25) is 0 Å². The summed E-state index contributed by atoms with van der Waals surface area (Å²) in [6, 6.07) is 7.78. The van der Waals surface area contributed by atoms with E-state index in [-0.39, 0.29) is 10.8 Å². The Kier molecular flexibility index (Phi) is 5.49. The topological polar surface area (TPSA) is 87.3 Å². The number of hydrogen-bond acceptors (Lipinski definition) is 6. The lowest BCUT2D eigenvalue weighted by Crippen LogP contribution is -2.55. The minimum atomic E-state index is -4.81. The van der Waals surface area contributed by atoms with E-state index in [4.69, 9.17) is 22.2 Å². The number of anilines is 2. The predicted molar refractivity (Wildman–Crippen MR) is 125 cm³/mol. The zero-order valence-electron chi connectivity index (χ0n) is 18.5. The van der Waals surface area contributed by atoms with Crippen LogP contribution in [0.2, 0.25) is 0 Å². The third kappa shape index (κ3) is 3.54. The van der Waals surface area contributed by atoms with Gasteiger partial charge in [-0.3, -0.25) is 14.4 Å². The number of hydrogen-bond donors (Lipinski definition) is 0. The fraction of sp³-hybridized carbons (Fsp3) is 0.348. The molecule has 1 aromatic carbocycles. The van der Waals surface area contributed by atoms with Gasteiger partial charge < -0.3 is 9.64 Å². The Labute approximate surface area is 203 Å². The molecule has 1 aliphatic heterocycles. The zero-order valence-corrected chi connectivity index (χ0v) is 19.4. The van der Waals surface area contributed by atoms with Gasteiger partial charge in [0.05, 0.1) is 42.3 Å². The van der Waals surface area contributed by atoms with E-state index in [9.17, 15) is 18.0 Å². The quantitative estimate of drug-likeness (QED) is 0.489. The van der Waals surface area contributed by atoms with Gasteiger partial charge in [-0.15, -0.1) is 0 Å². The summed E-state index contributed by atoms with van der Waals surface area (Å²) in [6.07, 6.45) is -0.186. The van der Waals surface area contributed by atoms with Gasteiger partial charge in [-0.2, -0.15) is 23.5 Å². The molecule has 2 aromatic heterocycles. The van der Waals surface area contributed by atoms with Crippen molar-refractivity contribution in [2.45, 2.75) is 37.5 Å². The van der Waals surface area contributed by atoms with Crippen molar-refractivity contribution in [1.82, 2.24) is 14.8 Å². The second-order valence-corrected chi connectivity index (χ2v) is 8.81. The van der Waals surface area contributed by atoms with E-state index in [1.165, 1.54) is 6.07 Å². The average Bonchev–Trinajstić information content (AvgIpc) is 3.31. The summed E-state index contributed by atoms with van der Waals surface area (Å²) in [7, 11) is 1.60. The van der Waals surface area contributed by atoms with Crippen molar-refractivity contribution in [3.05, 3.63) is 47.9 Å². The van der Waals surface area contributed by atoms with Gasteiger partial charge in [0.15, 0.2) is 10.8 Å². The Morgan fingerprint density at radius 2 is 2.00 bits per heavy atom. The number of benzene rings is 1. The third-order valence-electron chi connectivity index (χ3n) is 6.53. The largest absolute Gasteiger partial charge is 0.419 e. The first-order valence-corrected chi connectivity index (χ1v) is 11.2. The van der Waals surface area contributed by atoms with Crippen LogP contribution < -0.4 is 9.80 Å². The van der Waals surface area contributed by atoms with E-state index >= 15 is 0 Å². The van der Waals surface area contributed by atoms with Crippen LogP contribution in [-0.2, 0) is 22.3 Å². The van der Waals surface area contributed by atoms with Gasteiger partial charge in [0, 0.05) is 18.2 Å². The van der Waals surface area contributed by atoms with Crippen molar-refractivity contribution in [3.8, 4) is 6.07 Å². The molecule has 1 saturated heterocycles. The molecule has 8 nitrogen and oxygen atoms in total. The van der Waals surface area contributed by atoms with Gasteiger partial charge >= 0.3 is 6.18 Å². The fourth-order valence-corrected chi connectivity index (χ4v) is 5.11. The molecule has 35 heavy (non-hydrogen) atoms. The van der Waals surface area contributed by atoms with Crippen molar-refractivity contribution in [2.75, 3.05) is 23.5 Å². The number of alkyl halides is 3. The van der Waals surface area contributed by atoms with Crippen LogP contribution in [0.4, 0.5) is 24.5 Å². The fourth-order valence-electron chi connectivity index (χ4n) is 4.64. The number of rotatable bonds is 5. The number of aromatic nitrogens is 3. The number of pyridine rings is 1. The molecule has 5 rings (SSSR count).